The van der Waals surface area contributed by atoms with Crippen molar-refractivity contribution in [2.75, 3.05) is 33.4 Å². The number of ether oxygens (including phenoxy) is 2. The van der Waals surface area contributed by atoms with Crippen LogP contribution in [-0.2, 0) is 9.47 Å². The Morgan fingerprint density at radius 2 is 2.29 bits per heavy atom. The molecule has 8 heteroatoms. The third-order valence-corrected chi connectivity index (χ3v) is 4.04. The Morgan fingerprint density at radius 1 is 1.46 bits per heavy atom. The van der Waals surface area contributed by atoms with Crippen LogP contribution in [0.15, 0.2) is 24.3 Å². The highest BCUT2D eigenvalue weighted by Gasteiger charge is 2.28. The molecule has 0 bridgehead atoms. The van der Waals surface area contributed by atoms with Crippen LogP contribution < -0.4 is 0 Å². The first-order valence-corrected chi connectivity index (χ1v) is 8.06. The number of benzene rings is 1. The molecule has 0 N–H and O–H groups in total. The van der Waals surface area contributed by atoms with E-state index in [9.17, 15) is 4.79 Å². The van der Waals surface area contributed by atoms with Crippen LogP contribution in [0.3, 0.4) is 0 Å². The van der Waals surface area contributed by atoms with E-state index >= 15 is 0 Å². The van der Waals surface area contributed by atoms with Gasteiger partial charge in [0.1, 0.15) is 0 Å². The third kappa shape index (κ3) is 3.58. The summed E-state index contributed by atoms with van der Waals surface area (Å²) >= 11 is 6.00. The van der Waals surface area contributed by atoms with Crippen molar-refractivity contribution in [3.05, 3.63) is 40.7 Å². The number of halogens is 1. The van der Waals surface area contributed by atoms with Gasteiger partial charge in [-0.3, -0.25) is 4.79 Å². The molecule has 1 aromatic carbocycles. The molecule has 1 amide bonds. The fourth-order valence-electron chi connectivity index (χ4n) is 2.63. The van der Waals surface area contributed by atoms with Crippen molar-refractivity contribution >= 4 is 17.5 Å². The first-order valence-electron chi connectivity index (χ1n) is 7.68. The van der Waals surface area contributed by atoms with Crippen molar-refractivity contribution in [3.8, 4) is 5.69 Å². The van der Waals surface area contributed by atoms with E-state index < -0.39 is 0 Å². The maximum atomic E-state index is 12.8. The normalized spacial score (nSPS) is 18.0. The van der Waals surface area contributed by atoms with E-state index in [4.69, 9.17) is 21.1 Å². The summed E-state index contributed by atoms with van der Waals surface area (Å²) < 4.78 is 10.7. The van der Waals surface area contributed by atoms with Gasteiger partial charge in [0.2, 0.25) is 0 Å². The molecule has 24 heavy (non-hydrogen) atoms. The highest BCUT2D eigenvalue weighted by molar-refractivity contribution is 6.30. The van der Waals surface area contributed by atoms with Gasteiger partial charge in [0.15, 0.2) is 5.69 Å². The van der Waals surface area contributed by atoms with Gasteiger partial charge in [0.05, 0.1) is 30.7 Å². The number of hydrogen-bond acceptors (Lipinski definition) is 5. The van der Waals surface area contributed by atoms with Crippen LogP contribution in [0.4, 0.5) is 0 Å². The lowest BCUT2D eigenvalue weighted by molar-refractivity contribution is -0.0532. The van der Waals surface area contributed by atoms with Crippen LogP contribution in [0.5, 0.6) is 0 Å². The van der Waals surface area contributed by atoms with Gasteiger partial charge in [0.25, 0.3) is 5.91 Å². The lowest BCUT2D eigenvalue weighted by Gasteiger charge is -2.32. The van der Waals surface area contributed by atoms with Crippen LogP contribution in [-0.4, -0.2) is 65.3 Å². The number of morpholine rings is 1. The molecule has 0 saturated carbocycles. The van der Waals surface area contributed by atoms with E-state index in [2.05, 4.69) is 10.2 Å². The first-order chi connectivity index (χ1) is 11.6. The Labute approximate surface area is 145 Å². The molecule has 7 nitrogen and oxygen atoms in total. The smallest absolute Gasteiger partial charge is 0.276 e. The summed E-state index contributed by atoms with van der Waals surface area (Å²) in [5.74, 6) is -0.148. The molecule has 1 aliphatic heterocycles. The van der Waals surface area contributed by atoms with Gasteiger partial charge in [-0.15, -0.1) is 5.10 Å². The lowest BCUT2D eigenvalue weighted by atomic mass is 10.2. The molecular formula is C16H19ClN4O3. The topological polar surface area (TPSA) is 69.5 Å². The molecule has 3 rings (SSSR count). The Kier molecular flexibility index (Phi) is 5.13. The Bertz CT molecular complexity index is 732. The number of methoxy groups -OCH3 is 1. The molecule has 2 aromatic rings. The zero-order valence-corrected chi connectivity index (χ0v) is 14.4. The highest BCUT2D eigenvalue weighted by Crippen LogP contribution is 2.16. The maximum absolute atomic E-state index is 12.8. The number of amides is 1. The summed E-state index contributed by atoms with van der Waals surface area (Å²) in [6, 6.07) is 7.17. The van der Waals surface area contributed by atoms with E-state index in [0.717, 1.165) is 0 Å². The minimum atomic E-state index is -0.148. The van der Waals surface area contributed by atoms with Crippen molar-refractivity contribution in [3.63, 3.8) is 0 Å². The van der Waals surface area contributed by atoms with Crippen LogP contribution in [0.1, 0.15) is 16.2 Å². The number of carbonyl (C=O) groups excluding carboxylic acids is 1. The van der Waals surface area contributed by atoms with Gasteiger partial charge in [-0.2, -0.15) is 9.90 Å². The zero-order chi connectivity index (χ0) is 17.1. The minimum absolute atomic E-state index is 0.115. The molecular weight excluding hydrogens is 332 g/mol. The van der Waals surface area contributed by atoms with Crippen molar-refractivity contribution in [1.82, 2.24) is 19.9 Å². The molecule has 0 radical (unpaired) electrons. The van der Waals surface area contributed by atoms with E-state index in [0.29, 0.717) is 48.4 Å². The number of aromatic nitrogens is 3. The van der Waals surface area contributed by atoms with Crippen molar-refractivity contribution in [2.45, 2.75) is 13.0 Å². The molecule has 1 unspecified atom stereocenters. The number of nitrogens with zero attached hydrogens (tertiary/aromatic N) is 4. The first kappa shape index (κ1) is 16.9. The number of carbonyl (C=O) groups is 1. The van der Waals surface area contributed by atoms with Crippen LogP contribution in [0.25, 0.3) is 5.69 Å². The minimum Gasteiger partial charge on any atom is -0.382 e. The van der Waals surface area contributed by atoms with Crippen LogP contribution in [0, 0.1) is 6.92 Å². The Balaban J connectivity index is 1.80. The number of rotatable bonds is 4. The summed E-state index contributed by atoms with van der Waals surface area (Å²) in [5, 5.41) is 9.28. The monoisotopic (exact) mass is 350 g/mol. The van der Waals surface area contributed by atoms with E-state index in [1.165, 1.54) is 4.80 Å². The molecule has 1 aromatic heterocycles. The molecule has 1 saturated heterocycles. The summed E-state index contributed by atoms with van der Waals surface area (Å²) in [4.78, 5) is 15.9. The van der Waals surface area contributed by atoms with E-state index in [1.54, 1.807) is 31.1 Å². The largest absolute Gasteiger partial charge is 0.382 e. The highest BCUT2D eigenvalue weighted by atomic mass is 35.5. The average molecular weight is 351 g/mol. The molecule has 128 valence electrons. The molecule has 0 aliphatic carbocycles. The zero-order valence-electron chi connectivity index (χ0n) is 13.6. The van der Waals surface area contributed by atoms with Gasteiger partial charge in [-0.1, -0.05) is 17.7 Å². The van der Waals surface area contributed by atoms with Crippen molar-refractivity contribution in [2.24, 2.45) is 0 Å². The predicted molar refractivity (Wildman–Crippen MR) is 88.6 cm³/mol. The second-order valence-electron chi connectivity index (χ2n) is 5.60. The van der Waals surface area contributed by atoms with Crippen LogP contribution >= 0.6 is 11.6 Å². The predicted octanol–water partition coefficient (Wildman–Crippen LogP) is 1.72. The van der Waals surface area contributed by atoms with Crippen molar-refractivity contribution < 1.29 is 14.3 Å². The standard InChI is InChI=1S/C16H19ClN4O3/c1-11-15(16(22)20-6-7-24-14(9-20)10-23-2)19-21(18-11)13-5-3-4-12(17)8-13/h3-5,8,14H,6-7,9-10H2,1-2H3. The summed E-state index contributed by atoms with van der Waals surface area (Å²) in [5.41, 5.74) is 1.63. The third-order valence-electron chi connectivity index (χ3n) is 3.80. The second kappa shape index (κ2) is 7.29. The second-order valence-corrected chi connectivity index (χ2v) is 6.04. The summed E-state index contributed by atoms with van der Waals surface area (Å²) in [7, 11) is 1.62. The Morgan fingerprint density at radius 3 is 3.04 bits per heavy atom. The Hall–Kier alpha value is -1.96. The lowest BCUT2D eigenvalue weighted by Crippen LogP contribution is -2.47. The fraction of sp³-hybridized carbons (Fsp3) is 0.438. The molecule has 0 spiro atoms. The molecule has 1 atom stereocenters. The van der Waals surface area contributed by atoms with Gasteiger partial charge in [0, 0.05) is 25.2 Å². The van der Waals surface area contributed by atoms with Gasteiger partial charge < -0.3 is 14.4 Å². The summed E-state index contributed by atoms with van der Waals surface area (Å²) in [6.07, 6.45) is -0.115. The number of aryl methyl sites for hydroxylation is 1. The fourth-order valence-corrected chi connectivity index (χ4v) is 2.82. The SMILES string of the molecule is COCC1CN(C(=O)c2nn(-c3cccc(Cl)c3)nc2C)CCO1. The molecule has 1 aliphatic rings. The maximum Gasteiger partial charge on any atom is 0.276 e. The van der Waals surface area contributed by atoms with Gasteiger partial charge in [-0.25, -0.2) is 0 Å². The van der Waals surface area contributed by atoms with Gasteiger partial charge in [-0.05, 0) is 25.1 Å². The van der Waals surface area contributed by atoms with E-state index in [1.807, 2.05) is 12.1 Å². The summed E-state index contributed by atoms with van der Waals surface area (Å²) in [6.45, 7) is 3.73. The quantitative estimate of drug-likeness (QED) is 0.839. The molecule has 1 fully saturated rings. The van der Waals surface area contributed by atoms with Gasteiger partial charge >= 0.3 is 0 Å². The van der Waals surface area contributed by atoms with Crippen LogP contribution in [0.2, 0.25) is 5.02 Å². The number of hydrogen-bond donors (Lipinski definition) is 0. The van der Waals surface area contributed by atoms with Crippen molar-refractivity contribution in [1.29, 1.82) is 0 Å². The average Bonchev–Trinajstić information content (AvgIpc) is 2.97. The molecule has 2 heterocycles. The van der Waals surface area contributed by atoms with E-state index in [-0.39, 0.29) is 12.0 Å².